The summed E-state index contributed by atoms with van der Waals surface area (Å²) in [4.78, 5) is 18.2. The van der Waals surface area contributed by atoms with E-state index in [1.165, 1.54) is 0 Å². The van der Waals surface area contributed by atoms with Gasteiger partial charge in [-0.2, -0.15) is 0 Å². The molecule has 7 nitrogen and oxygen atoms in total. The van der Waals surface area contributed by atoms with E-state index in [0.29, 0.717) is 17.3 Å². The van der Waals surface area contributed by atoms with Crippen LogP contribution in [-0.4, -0.2) is 48.1 Å². The number of rotatable bonds is 6. The van der Waals surface area contributed by atoms with Crippen LogP contribution < -0.4 is 10.6 Å². The van der Waals surface area contributed by atoms with Crippen LogP contribution in [0.2, 0.25) is 0 Å². The van der Waals surface area contributed by atoms with Crippen molar-refractivity contribution in [1.82, 2.24) is 15.0 Å². The Hall–Kier alpha value is -2.41. The highest BCUT2D eigenvalue weighted by atomic mass is 16.5. The van der Waals surface area contributed by atoms with Gasteiger partial charge in [0.15, 0.2) is 5.82 Å². The van der Waals surface area contributed by atoms with Crippen molar-refractivity contribution in [2.75, 3.05) is 37.8 Å². The second kappa shape index (κ2) is 6.85. The van der Waals surface area contributed by atoms with Gasteiger partial charge in [-0.05, 0) is 33.2 Å². The van der Waals surface area contributed by atoms with E-state index in [-0.39, 0.29) is 5.91 Å². The number of hydrogen-bond donors (Lipinski definition) is 2. The highest BCUT2D eigenvalue weighted by molar-refractivity contribution is 6.02. The Kier molecular flexibility index (Phi) is 4.89. The lowest BCUT2D eigenvalue weighted by Gasteiger charge is -2.11. The van der Waals surface area contributed by atoms with E-state index >= 15 is 0 Å². The van der Waals surface area contributed by atoms with Crippen molar-refractivity contribution in [1.29, 1.82) is 0 Å². The second-order valence-electron chi connectivity index (χ2n) is 4.94. The molecule has 2 heterocycles. The zero-order valence-electron chi connectivity index (χ0n) is 12.4. The standard InChI is InChI=1S/C14H19N5O2/c1-10-8-13(18-21-10)17-14(20)12-5-4-11(9-16-12)15-6-7-19(2)3/h4-5,8-9,15H,6-7H2,1-3H3,(H,17,18,20). The molecule has 7 heteroatoms. The summed E-state index contributed by atoms with van der Waals surface area (Å²) >= 11 is 0. The molecule has 2 rings (SSSR count). The van der Waals surface area contributed by atoms with Gasteiger partial charge in [-0.25, -0.2) is 4.98 Å². The fraction of sp³-hybridized carbons (Fsp3) is 0.357. The molecule has 0 aromatic carbocycles. The number of nitrogens with one attached hydrogen (secondary N) is 2. The van der Waals surface area contributed by atoms with Crippen LogP contribution in [0.15, 0.2) is 28.9 Å². The highest BCUT2D eigenvalue weighted by Crippen LogP contribution is 2.10. The number of aryl methyl sites for hydroxylation is 1. The number of nitrogens with zero attached hydrogens (tertiary/aromatic N) is 3. The third kappa shape index (κ3) is 4.57. The van der Waals surface area contributed by atoms with Gasteiger partial charge in [0.05, 0.1) is 11.9 Å². The van der Waals surface area contributed by atoms with Gasteiger partial charge in [-0.15, -0.1) is 0 Å². The van der Waals surface area contributed by atoms with E-state index in [1.54, 1.807) is 25.3 Å². The topological polar surface area (TPSA) is 83.3 Å². The van der Waals surface area contributed by atoms with E-state index in [1.807, 2.05) is 20.2 Å². The molecular formula is C14H19N5O2. The minimum atomic E-state index is -0.317. The van der Waals surface area contributed by atoms with Crippen LogP contribution in [-0.2, 0) is 0 Å². The normalized spacial score (nSPS) is 10.7. The molecule has 0 fully saturated rings. The highest BCUT2D eigenvalue weighted by Gasteiger charge is 2.10. The zero-order chi connectivity index (χ0) is 15.2. The van der Waals surface area contributed by atoms with Crippen molar-refractivity contribution in [3.63, 3.8) is 0 Å². The van der Waals surface area contributed by atoms with Crippen LogP contribution in [0.1, 0.15) is 16.2 Å². The molecule has 0 saturated carbocycles. The SMILES string of the molecule is Cc1cc(NC(=O)c2ccc(NCCN(C)C)cn2)no1. The summed E-state index contributed by atoms with van der Waals surface area (Å²) in [6.45, 7) is 3.50. The summed E-state index contributed by atoms with van der Waals surface area (Å²) in [6.07, 6.45) is 1.64. The molecule has 0 radical (unpaired) electrons. The Morgan fingerprint density at radius 3 is 2.76 bits per heavy atom. The van der Waals surface area contributed by atoms with Crippen molar-refractivity contribution in [2.24, 2.45) is 0 Å². The first kappa shape index (κ1) is 15.0. The molecule has 0 unspecified atom stereocenters. The van der Waals surface area contributed by atoms with Gasteiger partial charge in [0.25, 0.3) is 5.91 Å². The van der Waals surface area contributed by atoms with Gasteiger partial charge in [0, 0.05) is 19.2 Å². The summed E-state index contributed by atoms with van der Waals surface area (Å²) in [7, 11) is 4.03. The molecule has 0 spiro atoms. The number of carbonyl (C=O) groups is 1. The Labute approximate surface area is 123 Å². The maximum Gasteiger partial charge on any atom is 0.275 e. The first-order valence-corrected chi connectivity index (χ1v) is 6.64. The molecule has 0 atom stereocenters. The van der Waals surface area contributed by atoms with Crippen molar-refractivity contribution in [2.45, 2.75) is 6.92 Å². The summed E-state index contributed by atoms with van der Waals surface area (Å²) in [5.41, 5.74) is 1.21. The van der Waals surface area contributed by atoms with E-state index in [9.17, 15) is 4.79 Å². The van der Waals surface area contributed by atoms with Crippen LogP contribution in [0, 0.1) is 6.92 Å². The maximum absolute atomic E-state index is 12.0. The summed E-state index contributed by atoms with van der Waals surface area (Å²) in [5.74, 6) is 0.703. The van der Waals surface area contributed by atoms with E-state index in [0.717, 1.165) is 18.8 Å². The predicted octanol–water partition coefficient (Wildman–Crippen LogP) is 1.60. The van der Waals surface area contributed by atoms with Gasteiger partial charge >= 0.3 is 0 Å². The Bertz CT molecular complexity index is 592. The van der Waals surface area contributed by atoms with Gasteiger partial charge in [0.1, 0.15) is 11.5 Å². The monoisotopic (exact) mass is 289 g/mol. The Balaban J connectivity index is 1.90. The molecule has 2 aromatic rings. The fourth-order valence-electron chi connectivity index (χ4n) is 1.66. The second-order valence-corrected chi connectivity index (χ2v) is 4.94. The molecule has 0 aliphatic carbocycles. The summed E-state index contributed by atoms with van der Waals surface area (Å²) in [5, 5.41) is 9.56. The summed E-state index contributed by atoms with van der Waals surface area (Å²) in [6, 6.07) is 5.14. The van der Waals surface area contributed by atoms with Gasteiger partial charge in [-0.1, -0.05) is 5.16 Å². The molecule has 21 heavy (non-hydrogen) atoms. The number of pyridine rings is 1. The average molecular weight is 289 g/mol. The van der Waals surface area contributed by atoms with Gasteiger partial charge in [0.2, 0.25) is 0 Å². The molecule has 0 saturated heterocycles. The van der Waals surface area contributed by atoms with E-state index in [2.05, 4.69) is 25.7 Å². The van der Waals surface area contributed by atoms with Gasteiger partial charge in [-0.3, -0.25) is 4.79 Å². The van der Waals surface area contributed by atoms with Crippen molar-refractivity contribution >= 4 is 17.4 Å². The lowest BCUT2D eigenvalue weighted by Crippen LogP contribution is -2.21. The minimum Gasteiger partial charge on any atom is -0.383 e. The fourth-order valence-corrected chi connectivity index (χ4v) is 1.66. The van der Waals surface area contributed by atoms with Crippen LogP contribution in [0.5, 0.6) is 0 Å². The molecule has 2 N–H and O–H groups in total. The third-order valence-electron chi connectivity index (χ3n) is 2.75. The molecular weight excluding hydrogens is 270 g/mol. The van der Waals surface area contributed by atoms with E-state index < -0.39 is 0 Å². The summed E-state index contributed by atoms with van der Waals surface area (Å²) < 4.78 is 4.88. The van der Waals surface area contributed by atoms with Crippen LogP contribution in [0.4, 0.5) is 11.5 Å². The lowest BCUT2D eigenvalue weighted by molar-refractivity contribution is 0.102. The van der Waals surface area contributed by atoms with Crippen LogP contribution in [0.25, 0.3) is 0 Å². The number of likely N-dealkylation sites (N-methyl/N-ethyl adjacent to an activating group) is 1. The van der Waals surface area contributed by atoms with Gasteiger partial charge < -0.3 is 20.1 Å². The first-order chi connectivity index (χ1) is 10.0. The number of carbonyl (C=O) groups excluding carboxylic acids is 1. The molecule has 0 bridgehead atoms. The molecule has 2 aromatic heterocycles. The molecule has 1 amide bonds. The van der Waals surface area contributed by atoms with Crippen LogP contribution in [0.3, 0.4) is 0 Å². The van der Waals surface area contributed by atoms with Crippen molar-refractivity contribution in [3.05, 3.63) is 35.9 Å². The smallest absolute Gasteiger partial charge is 0.275 e. The lowest BCUT2D eigenvalue weighted by atomic mass is 10.3. The number of hydrogen-bond acceptors (Lipinski definition) is 6. The van der Waals surface area contributed by atoms with Crippen molar-refractivity contribution < 1.29 is 9.32 Å². The van der Waals surface area contributed by atoms with Crippen molar-refractivity contribution in [3.8, 4) is 0 Å². The number of aromatic nitrogens is 2. The van der Waals surface area contributed by atoms with Crippen LogP contribution >= 0.6 is 0 Å². The predicted molar refractivity (Wildman–Crippen MR) is 80.5 cm³/mol. The number of anilines is 2. The maximum atomic E-state index is 12.0. The average Bonchev–Trinajstić information content (AvgIpc) is 2.84. The largest absolute Gasteiger partial charge is 0.383 e. The molecule has 0 aliphatic rings. The zero-order valence-corrected chi connectivity index (χ0v) is 12.4. The molecule has 0 aliphatic heterocycles. The first-order valence-electron chi connectivity index (χ1n) is 6.64. The Morgan fingerprint density at radius 2 is 2.19 bits per heavy atom. The third-order valence-corrected chi connectivity index (χ3v) is 2.75. The minimum absolute atomic E-state index is 0.317. The molecule has 112 valence electrons. The van der Waals surface area contributed by atoms with E-state index in [4.69, 9.17) is 4.52 Å². The quantitative estimate of drug-likeness (QED) is 0.840. The Morgan fingerprint density at radius 1 is 1.38 bits per heavy atom. The number of amides is 1.